The third-order valence-corrected chi connectivity index (χ3v) is 3.63. The van der Waals surface area contributed by atoms with Gasteiger partial charge in [-0.05, 0) is 42.3 Å². The highest BCUT2D eigenvalue weighted by molar-refractivity contribution is 5.83. The normalized spacial score (nSPS) is 17.0. The molecular formula is C18H15FN2O2. The number of benzene rings is 1. The molecule has 3 rings (SSSR count). The van der Waals surface area contributed by atoms with Crippen LogP contribution in [0.25, 0.3) is 5.57 Å². The molecule has 4 nitrogen and oxygen atoms in total. The van der Waals surface area contributed by atoms with Crippen molar-refractivity contribution in [3.05, 3.63) is 77.2 Å². The molecule has 0 saturated carbocycles. The summed E-state index contributed by atoms with van der Waals surface area (Å²) in [5.74, 6) is 2.06. The summed E-state index contributed by atoms with van der Waals surface area (Å²) in [4.78, 5) is 15.3. The van der Waals surface area contributed by atoms with Crippen LogP contribution in [0.15, 0.2) is 60.2 Å². The molecule has 1 atom stereocenters. The van der Waals surface area contributed by atoms with E-state index in [1.165, 1.54) is 12.1 Å². The van der Waals surface area contributed by atoms with Crippen LogP contribution in [0.2, 0.25) is 0 Å². The van der Waals surface area contributed by atoms with Gasteiger partial charge in [-0.2, -0.15) is 0 Å². The summed E-state index contributed by atoms with van der Waals surface area (Å²) in [6.07, 6.45) is 3.35. The maximum absolute atomic E-state index is 13.2. The van der Waals surface area contributed by atoms with E-state index in [0.717, 1.165) is 16.7 Å². The average molecular weight is 310 g/mol. The second kappa shape index (κ2) is 6.46. The van der Waals surface area contributed by atoms with Crippen molar-refractivity contribution < 1.29 is 13.9 Å². The number of rotatable bonds is 4. The molecule has 0 aliphatic carbocycles. The molecule has 2 heterocycles. The Morgan fingerprint density at radius 2 is 1.91 bits per heavy atom. The monoisotopic (exact) mass is 310 g/mol. The van der Waals surface area contributed by atoms with Crippen molar-refractivity contribution in [2.75, 3.05) is 6.61 Å². The number of carbonyl (C=O) groups excluding carboxylic acids is 1. The summed E-state index contributed by atoms with van der Waals surface area (Å²) in [5.41, 5.74) is 2.81. The number of pyridine rings is 1. The van der Waals surface area contributed by atoms with E-state index in [0.29, 0.717) is 12.4 Å². The zero-order valence-electron chi connectivity index (χ0n) is 12.5. The molecule has 1 aliphatic rings. The minimum atomic E-state index is -0.309. The molecule has 1 aromatic carbocycles. The van der Waals surface area contributed by atoms with Crippen molar-refractivity contribution in [3.63, 3.8) is 0 Å². The second-order valence-corrected chi connectivity index (χ2v) is 5.02. The molecule has 1 aliphatic heterocycles. The summed E-state index contributed by atoms with van der Waals surface area (Å²) in [5, 5.41) is 3.11. The number of nitrogens with one attached hydrogen (secondary N) is 1. The lowest BCUT2D eigenvalue weighted by atomic mass is 9.95. The average Bonchev–Trinajstić information content (AvgIpc) is 2.95. The van der Waals surface area contributed by atoms with Crippen molar-refractivity contribution in [1.82, 2.24) is 10.3 Å². The van der Waals surface area contributed by atoms with Crippen molar-refractivity contribution in [3.8, 4) is 0 Å². The van der Waals surface area contributed by atoms with Crippen LogP contribution in [0.5, 0.6) is 0 Å². The van der Waals surface area contributed by atoms with Gasteiger partial charge < -0.3 is 10.1 Å². The Bertz CT molecular complexity index is 778. The van der Waals surface area contributed by atoms with Gasteiger partial charge in [0.1, 0.15) is 5.82 Å². The molecule has 0 spiro atoms. The number of aromatic nitrogens is 1. The summed E-state index contributed by atoms with van der Waals surface area (Å²) < 4.78 is 18.9. The van der Waals surface area contributed by atoms with Crippen molar-refractivity contribution in [2.45, 2.75) is 13.0 Å². The van der Waals surface area contributed by atoms with Crippen LogP contribution in [0, 0.1) is 5.82 Å². The van der Waals surface area contributed by atoms with Gasteiger partial charge in [0, 0.05) is 18.0 Å². The molecule has 0 fully saturated rings. The first kappa shape index (κ1) is 15.0. The molecule has 1 aromatic heterocycles. The first-order valence-corrected chi connectivity index (χ1v) is 7.29. The third-order valence-electron chi connectivity index (χ3n) is 3.63. The molecule has 5 heteroatoms. The zero-order valence-corrected chi connectivity index (χ0v) is 12.5. The van der Waals surface area contributed by atoms with Gasteiger partial charge in [0.15, 0.2) is 17.4 Å². The fraction of sp³-hybridized carbons (Fsp3) is 0.167. The first-order valence-electron chi connectivity index (χ1n) is 7.29. The molecule has 2 aromatic rings. The van der Waals surface area contributed by atoms with Gasteiger partial charge in [0.05, 0.1) is 12.6 Å². The van der Waals surface area contributed by atoms with E-state index in [9.17, 15) is 9.18 Å². The topological polar surface area (TPSA) is 51.2 Å². The van der Waals surface area contributed by atoms with Gasteiger partial charge in [-0.1, -0.05) is 12.1 Å². The molecular weight excluding hydrogens is 295 g/mol. The summed E-state index contributed by atoms with van der Waals surface area (Å²) >= 11 is 0. The summed E-state index contributed by atoms with van der Waals surface area (Å²) in [6, 6.07) is 9.54. The van der Waals surface area contributed by atoms with Gasteiger partial charge in [-0.25, -0.2) is 9.18 Å². The quantitative estimate of drug-likeness (QED) is 0.882. The number of nitrogens with zero attached hydrogens (tertiary/aromatic N) is 1. The third kappa shape index (κ3) is 2.87. The fourth-order valence-corrected chi connectivity index (χ4v) is 2.65. The lowest BCUT2D eigenvalue weighted by molar-refractivity contribution is 0.240. The molecule has 1 unspecified atom stereocenters. The largest absolute Gasteiger partial charge is 0.490 e. The minimum Gasteiger partial charge on any atom is -0.490 e. The number of hydrogen-bond acceptors (Lipinski definition) is 4. The summed E-state index contributed by atoms with van der Waals surface area (Å²) in [7, 11) is 0. The van der Waals surface area contributed by atoms with E-state index in [2.05, 4.69) is 10.3 Å². The predicted octanol–water partition coefficient (Wildman–Crippen LogP) is 3.03. The Morgan fingerprint density at radius 3 is 2.52 bits per heavy atom. The number of halogens is 1. The highest BCUT2D eigenvalue weighted by Gasteiger charge is 2.33. The number of ether oxygens (including phenoxy) is 1. The number of hydrogen-bond donors (Lipinski definition) is 1. The van der Waals surface area contributed by atoms with Crippen LogP contribution in [-0.4, -0.2) is 17.5 Å². The SMILES string of the molecule is CCOC1=C(c2ccncc2)C(c2ccc(F)cc2)NC1=C=O. The Kier molecular flexibility index (Phi) is 4.22. The zero-order chi connectivity index (χ0) is 16.2. The lowest BCUT2D eigenvalue weighted by Crippen LogP contribution is -2.15. The Hall–Kier alpha value is -2.91. The van der Waals surface area contributed by atoms with Crippen LogP contribution < -0.4 is 5.32 Å². The Morgan fingerprint density at radius 1 is 1.22 bits per heavy atom. The molecule has 23 heavy (non-hydrogen) atoms. The maximum atomic E-state index is 13.2. The highest BCUT2D eigenvalue weighted by Crippen LogP contribution is 2.40. The standard InChI is InChI=1S/C18H15FN2O2/c1-2-23-18-15(11-22)21-17(13-3-5-14(19)6-4-13)16(18)12-7-9-20-10-8-12/h3-10,17,21H,2H2,1H3. The Labute approximate surface area is 133 Å². The van der Waals surface area contributed by atoms with E-state index in [1.54, 1.807) is 24.5 Å². The van der Waals surface area contributed by atoms with Crippen molar-refractivity contribution in [1.29, 1.82) is 0 Å². The first-order chi connectivity index (χ1) is 11.2. The Balaban J connectivity index is 2.15. The second-order valence-electron chi connectivity index (χ2n) is 5.02. The minimum absolute atomic E-state index is 0.271. The van der Waals surface area contributed by atoms with Crippen LogP contribution in [0.1, 0.15) is 24.1 Å². The van der Waals surface area contributed by atoms with E-state index in [-0.39, 0.29) is 17.6 Å². The van der Waals surface area contributed by atoms with E-state index in [1.807, 2.05) is 25.0 Å². The van der Waals surface area contributed by atoms with E-state index >= 15 is 0 Å². The smallest absolute Gasteiger partial charge is 0.163 e. The van der Waals surface area contributed by atoms with Crippen molar-refractivity contribution >= 4 is 11.5 Å². The highest BCUT2D eigenvalue weighted by atomic mass is 19.1. The fourth-order valence-electron chi connectivity index (χ4n) is 2.65. The molecule has 0 bridgehead atoms. The van der Waals surface area contributed by atoms with Gasteiger partial charge >= 0.3 is 0 Å². The van der Waals surface area contributed by atoms with Crippen LogP contribution in [0.4, 0.5) is 4.39 Å². The van der Waals surface area contributed by atoms with Crippen LogP contribution in [0.3, 0.4) is 0 Å². The van der Waals surface area contributed by atoms with Crippen molar-refractivity contribution in [2.24, 2.45) is 0 Å². The summed E-state index contributed by atoms with van der Waals surface area (Å²) in [6.45, 7) is 2.28. The lowest BCUT2D eigenvalue weighted by Gasteiger charge is -2.16. The molecule has 116 valence electrons. The van der Waals surface area contributed by atoms with Gasteiger partial charge in [0.2, 0.25) is 0 Å². The van der Waals surface area contributed by atoms with E-state index < -0.39 is 0 Å². The van der Waals surface area contributed by atoms with Gasteiger partial charge in [-0.3, -0.25) is 4.98 Å². The molecule has 0 saturated heterocycles. The molecule has 0 radical (unpaired) electrons. The molecule has 1 N–H and O–H groups in total. The van der Waals surface area contributed by atoms with Crippen LogP contribution >= 0.6 is 0 Å². The predicted molar refractivity (Wildman–Crippen MR) is 84.3 cm³/mol. The maximum Gasteiger partial charge on any atom is 0.163 e. The molecule has 0 amide bonds. The van der Waals surface area contributed by atoms with E-state index in [4.69, 9.17) is 4.74 Å². The van der Waals surface area contributed by atoms with Gasteiger partial charge in [-0.15, -0.1) is 0 Å². The van der Waals surface area contributed by atoms with Crippen LogP contribution in [-0.2, 0) is 9.53 Å². The van der Waals surface area contributed by atoms with Gasteiger partial charge in [0.25, 0.3) is 0 Å².